The predicted octanol–water partition coefficient (Wildman–Crippen LogP) is 3.91. The first kappa shape index (κ1) is 21.4. The van der Waals surface area contributed by atoms with Crippen molar-refractivity contribution in [2.45, 2.75) is 13.5 Å². The Morgan fingerprint density at radius 1 is 0.957 bits per heavy atom. The number of pyridine rings is 2. The van der Waals surface area contributed by atoms with E-state index in [0.717, 1.165) is 33.2 Å². The number of rotatable bonds is 2. The van der Waals surface area contributed by atoms with E-state index in [2.05, 4.69) is 22.1 Å². The number of hydrogen-bond donors (Lipinski definition) is 2. The Kier molecular flexibility index (Phi) is 8.28. The molecule has 7 heteroatoms. The van der Waals surface area contributed by atoms with E-state index in [1.54, 1.807) is 6.20 Å². The molecule has 124 valence electrons. The van der Waals surface area contributed by atoms with Gasteiger partial charge in [0.1, 0.15) is 5.82 Å². The fourth-order valence-corrected chi connectivity index (χ4v) is 2.37. The van der Waals surface area contributed by atoms with Gasteiger partial charge in [-0.05, 0) is 41.8 Å². The molecule has 3 aromatic rings. The molecule has 0 saturated heterocycles. The van der Waals surface area contributed by atoms with Crippen LogP contribution in [0.25, 0.3) is 22.0 Å². The molecule has 0 spiro atoms. The first-order valence-corrected chi connectivity index (χ1v) is 6.48. The van der Waals surface area contributed by atoms with Crippen LogP contribution in [0.15, 0.2) is 42.7 Å². The lowest BCUT2D eigenvalue weighted by atomic mass is 10.0. The molecular weight excluding hydrogens is 355 g/mol. The van der Waals surface area contributed by atoms with Crippen molar-refractivity contribution in [3.05, 3.63) is 53.9 Å². The molecule has 2 aromatic heterocycles. The number of nitrogens with two attached hydrogens (primary N) is 2. The quantitative estimate of drug-likeness (QED) is 0.714. The Labute approximate surface area is 153 Å². The maximum absolute atomic E-state index is 5.82. The second-order valence-electron chi connectivity index (χ2n) is 4.88. The molecule has 0 aliphatic carbocycles. The molecule has 4 nitrogen and oxygen atoms in total. The molecular formula is C16H19Cl3N4. The number of nitrogens with zero attached hydrogens (tertiary/aromatic N) is 2. The summed E-state index contributed by atoms with van der Waals surface area (Å²) in [4.78, 5) is 8.62. The fraction of sp³-hybridized carbons (Fsp3) is 0.125. The van der Waals surface area contributed by atoms with Crippen molar-refractivity contribution in [1.29, 1.82) is 0 Å². The van der Waals surface area contributed by atoms with Crippen LogP contribution in [-0.4, -0.2) is 9.97 Å². The Hall–Kier alpha value is -1.59. The van der Waals surface area contributed by atoms with E-state index >= 15 is 0 Å². The van der Waals surface area contributed by atoms with E-state index in [9.17, 15) is 0 Å². The third-order valence-corrected chi connectivity index (χ3v) is 3.40. The van der Waals surface area contributed by atoms with Crippen molar-refractivity contribution in [3.63, 3.8) is 0 Å². The number of fused-ring (bicyclic) bond motifs is 1. The van der Waals surface area contributed by atoms with Gasteiger partial charge in [0.25, 0.3) is 0 Å². The molecule has 0 aliphatic heterocycles. The van der Waals surface area contributed by atoms with E-state index in [1.165, 1.54) is 0 Å². The molecule has 4 N–H and O–H groups in total. The fourth-order valence-electron chi connectivity index (χ4n) is 2.37. The zero-order valence-corrected chi connectivity index (χ0v) is 15.0. The van der Waals surface area contributed by atoms with Crippen molar-refractivity contribution in [3.8, 4) is 11.1 Å². The van der Waals surface area contributed by atoms with Crippen LogP contribution in [0.2, 0.25) is 0 Å². The Morgan fingerprint density at radius 2 is 1.70 bits per heavy atom. The molecule has 0 fully saturated rings. The summed E-state index contributed by atoms with van der Waals surface area (Å²) in [6.07, 6.45) is 3.62. The molecule has 0 radical (unpaired) electrons. The SMILES string of the molecule is Cc1cc(N)nc2cc(-c3cncc(CN)c3)ccc12.Cl.Cl.Cl. The first-order valence-electron chi connectivity index (χ1n) is 6.48. The molecule has 3 rings (SSSR count). The standard InChI is InChI=1S/C16H16N4.3ClH/c1-10-4-16(18)20-15-6-12(2-3-14(10)15)13-5-11(7-17)8-19-9-13;;;/h2-6,8-9H,7,17H2,1H3,(H2,18,20);3*1H. The van der Waals surface area contributed by atoms with Gasteiger partial charge in [0.15, 0.2) is 0 Å². The van der Waals surface area contributed by atoms with Crippen molar-refractivity contribution in [2.75, 3.05) is 5.73 Å². The summed E-state index contributed by atoms with van der Waals surface area (Å²) < 4.78 is 0. The third-order valence-electron chi connectivity index (χ3n) is 3.40. The van der Waals surface area contributed by atoms with Gasteiger partial charge >= 0.3 is 0 Å². The number of benzene rings is 1. The number of hydrogen-bond acceptors (Lipinski definition) is 4. The van der Waals surface area contributed by atoms with E-state index in [4.69, 9.17) is 11.5 Å². The maximum atomic E-state index is 5.82. The molecule has 23 heavy (non-hydrogen) atoms. The third kappa shape index (κ3) is 4.45. The van der Waals surface area contributed by atoms with E-state index in [0.29, 0.717) is 12.4 Å². The lowest BCUT2D eigenvalue weighted by Crippen LogP contribution is -1.97. The highest BCUT2D eigenvalue weighted by Gasteiger charge is 2.05. The van der Waals surface area contributed by atoms with Gasteiger partial charge in [-0.3, -0.25) is 4.98 Å². The first-order chi connectivity index (χ1) is 9.67. The van der Waals surface area contributed by atoms with Gasteiger partial charge < -0.3 is 11.5 Å². The second-order valence-corrected chi connectivity index (χ2v) is 4.88. The topological polar surface area (TPSA) is 77.8 Å². The summed E-state index contributed by atoms with van der Waals surface area (Å²) in [5.74, 6) is 0.543. The zero-order valence-electron chi connectivity index (χ0n) is 12.5. The summed E-state index contributed by atoms with van der Waals surface area (Å²) in [7, 11) is 0. The Morgan fingerprint density at radius 3 is 2.39 bits per heavy atom. The molecule has 0 amide bonds. The van der Waals surface area contributed by atoms with Crippen LogP contribution in [0, 0.1) is 6.92 Å². The summed E-state index contributed by atoms with van der Waals surface area (Å²) >= 11 is 0. The van der Waals surface area contributed by atoms with Crippen LogP contribution in [0.1, 0.15) is 11.1 Å². The van der Waals surface area contributed by atoms with Crippen molar-refractivity contribution in [1.82, 2.24) is 9.97 Å². The summed E-state index contributed by atoms with van der Waals surface area (Å²) in [5.41, 5.74) is 16.6. The van der Waals surface area contributed by atoms with E-state index in [-0.39, 0.29) is 37.2 Å². The second kappa shape index (κ2) is 8.89. The molecule has 0 atom stereocenters. The van der Waals surface area contributed by atoms with Gasteiger partial charge in [0.2, 0.25) is 0 Å². The van der Waals surface area contributed by atoms with Crippen LogP contribution in [0.3, 0.4) is 0 Å². The van der Waals surface area contributed by atoms with Crippen molar-refractivity contribution < 1.29 is 0 Å². The van der Waals surface area contributed by atoms with Crippen LogP contribution in [0.5, 0.6) is 0 Å². The average molecular weight is 374 g/mol. The van der Waals surface area contributed by atoms with E-state index in [1.807, 2.05) is 31.3 Å². The lowest BCUT2D eigenvalue weighted by molar-refractivity contribution is 1.05. The highest BCUT2D eigenvalue weighted by molar-refractivity contribution is 5.88. The van der Waals surface area contributed by atoms with Gasteiger partial charge in [-0.15, -0.1) is 37.2 Å². The molecule has 0 unspecified atom stereocenters. The number of aryl methyl sites for hydroxylation is 1. The highest BCUT2D eigenvalue weighted by Crippen LogP contribution is 2.26. The molecule has 0 bridgehead atoms. The lowest BCUT2D eigenvalue weighted by Gasteiger charge is -2.07. The van der Waals surface area contributed by atoms with Crippen LogP contribution in [0.4, 0.5) is 5.82 Å². The van der Waals surface area contributed by atoms with E-state index < -0.39 is 0 Å². The molecule has 0 aliphatic rings. The van der Waals surface area contributed by atoms with Crippen LogP contribution >= 0.6 is 37.2 Å². The van der Waals surface area contributed by atoms with Gasteiger partial charge in [-0.2, -0.15) is 0 Å². The summed E-state index contributed by atoms with van der Waals surface area (Å²) in [6.45, 7) is 2.52. The summed E-state index contributed by atoms with van der Waals surface area (Å²) in [6, 6.07) is 10.1. The maximum Gasteiger partial charge on any atom is 0.124 e. The van der Waals surface area contributed by atoms with Gasteiger partial charge in [-0.25, -0.2) is 4.98 Å². The minimum Gasteiger partial charge on any atom is -0.384 e. The number of halogens is 3. The van der Waals surface area contributed by atoms with Gasteiger partial charge in [0.05, 0.1) is 5.52 Å². The highest BCUT2D eigenvalue weighted by atomic mass is 35.5. The number of aromatic nitrogens is 2. The zero-order chi connectivity index (χ0) is 14.1. The summed E-state index contributed by atoms with van der Waals surface area (Å²) in [5, 5.41) is 1.12. The Bertz CT molecular complexity index is 793. The Balaban J connectivity index is 0.00000161. The monoisotopic (exact) mass is 372 g/mol. The predicted molar refractivity (Wildman–Crippen MR) is 104 cm³/mol. The minimum absolute atomic E-state index is 0. The smallest absolute Gasteiger partial charge is 0.124 e. The van der Waals surface area contributed by atoms with Crippen LogP contribution < -0.4 is 11.5 Å². The number of anilines is 1. The molecule has 0 saturated carbocycles. The minimum atomic E-state index is 0. The van der Waals surface area contributed by atoms with Crippen molar-refractivity contribution in [2.24, 2.45) is 5.73 Å². The average Bonchev–Trinajstić information content (AvgIpc) is 2.46. The van der Waals surface area contributed by atoms with Crippen molar-refractivity contribution >= 4 is 53.9 Å². The number of nitrogen functional groups attached to an aromatic ring is 1. The van der Waals surface area contributed by atoms with Crippen LogP contribution in [-0.2, 0) is 6.54 Å². The largest absolute Gasteiger partial charge is 0.384 e. The normalized spacial score (nSPS) is 9.48. The van der Waals surface area contributed by atoms with Gasteiger partial charge in [0, 0.05) is 29.9 Å². The molecule has 1 aromatic carbocycles. The van der Waals surface area contributed by atoms with Gasteiger partial charge in [-0.1, -0.05) is 12.1 Å². The molecule has 2 heterocycles.